The summed E-state index contributed by atoms with van der Waals surface area (Å²) < 4.78 is 51.5. The molecule has 0 aliphatic carbocycles. The molecule has 1 unspecified atom stereocenters. The molecule has 1 aromatic rings. The van der Waals surface area contributed by atoms with Gasteiger partial charge in [0.15, 0.2) is 0 Å². The molecule has 0 saturated heterocycles. The minimum Gasteiger partial charge on any atom is -0.452 e. The summed E-state index contributed by atoms with van der Waals surface area (Å²) in [6.07, 6.45) is -8.25. The average molecular weight is 238 g/mol. The summed E-state index contributed by atoms with van der Waals surface area (Å²) in [7, 11) is 0. The van der Waals surface area contributed by atoms with Gasteiger partial charge in [-0.05, 0) is 19.1 Å². The van der Waals surface area contributed by atoms with Crippen LogP contribution in [0.2, 0.25) is 0 Å². The Kier molecular flexibility index (Phi) is 5.85. The van der Waals surface area contributed by atoms with Gasteiger partial charge in [0, 0.05) is 0 Å². The van der Waals surface area contributed by atoms with Gasteiger partial charge in [0.05, 0.1) is 0 Å². The molecular formula is C11H14F4O. The predicted molar refractivity (Wildman–Crippen MR) is 54.1 cm³/mol. The van der Waals surface area contributed by atoms with Crippen LogP contribution in [0, 0.1) is 6.92 Å². The Morgan fingerprint density at radius 3 is 1.88 bits per heavy atom. The smallest absolute Gasteiger partial charge is 0.452 e. The van der Waals surface area contributed by atoms with Gasteiger partial charge in [0.1, 0.15) is 5.75 Å². The molecule has 0 saturated carbocycles. The molecule has 1 atom stereocenters. The van der Waals surface area contributed by atoms with E-state index in [0.29, 0.717) is 0 Å². The van der Waals surface area contributed by atoms with Gasteiger partial charge in [-0.25, -0.2) is 0 Å². The fourth-order valence-electron chi connectivity index (χ4n) is 0.803. The van der Waals surface area contributed by atoms with Crippen LogP contribution in [0.5, 0.6) is 5.75 Å². The Balaban J connectivity index is 0.00000106. The third-order valence-electron chi connectivity index (χ3n) is 1.52. The first kappa shape index (κ1) is 14.7. The quantitative estimate of drug-likeness (QED) is 0.699. The van der Waals surface area contributed by atoms with Crippen LogP contribution in [0.3, 0.4) is 0 Å². The summed E-state index contributed by atoms with van der Waals surface area (Å²) in [6, 6.07) is 5.65. The first-order valence-electron chi connectivity index (χ1n) is 4.84. The Labute approximate surface area is 92.0 Å². The van der Waals surface area contributed by atoms with Crippen molar-refractivity contribution in [3.8, 4) is 5.75 Å². The van der Waals surface area contributed by atoms with E-state index in [4.69, 9.17) is 0 Å². The van der Waals surface area contributed by atoms with Crippen LogP contribution in [-0.2, 0) is 0 Å². The van der Waals surface area contributed by atoms with Gasteiger partial charge in [-0.3, -0.25) is 0 Å². The molecule has 0 bridgehead atoms. The molecule has 1 nitrogen and oxygen atoms in total. The van der Waals surface area contributed by atoms with E-state index in [9.17, 15) is 17.6 Å². The van der Waals surface area contributed by atoms with Crippen molar-refractivity contribution < 1.29 is 22.3 Å². The Morgan fingerprint density at radius 2 is 1.50 bits per heavy atom. The third kappa shape index (κ3) is 5.00. The highest BCUT2D eigenvalue weighted by atomic mass is 19.4. The lowest BCUT2D eigenvalue weighted by atomic mass is 10.2. The zero-order valence-corrected chi connectivity index (χ0v) is 9.31. The lowest BCUT2D eigenvalue weighted by Gasteiger charge is -2.13. The van der Waals surface area contributed by atoms with Crippen LogP contribution >= 0.6 is 0 Å². The van der Waals surface area contributed by atoms with E-state index in [1.54, 1.807) is 19.1 Å². The monoisotopic (exact) mass is 238 g/mol. The van der Waals surface area contributed by atoms with Crippen LogP contribution in [0.25, 0.3) is 0 Å². The van der Waals surface area contributed by atoms with Gasteiger partial charge in [-0.1, -0.05) is 31.5 Å². The van der Waals surface area contributed by atoms with E-state index in [1.807, 2.05) is 13.8 Å². The van der Waals surface area contributed by atoms with Crippen LogP contribution < -0.4 is 4.74 Å². The number of ether oxygens (including phenoxy) is 1. The fourth-order valence-corrected chi connectivity index (χ4v) is 0.803. The molecule has 1 rings (SSSR count). The van der Waals surface area contributed by atoms with Crippen LogP contribution in [0.4, 0.5) is 17.6 Å². The van der Waals surface area contributed by atoms with Crippen molar-refractivity contribution >= 4 is 0 Å². The van der Waals surface area contributed by atoms with E-state index < -0.39 is 12.5 Å². The summed E-state index contributed by atoms with van der Waals surface area (Å²) in [5.41, 5.74) is 0.861. The summed E-state index contributed by atoms with van der Waals surface area (Å²) in [4.78, 5) is 0. The summed E-state index contributed by atoms with van der Waals surface area (Å²) >= 11 is 0. The Morgan fingerprint density at radius 1 is 1.06 bits per heavy atom. The molecule has 16 heavy (non-hydrogen) atoms. The largest absolute Gasteiger partial charge is 0.457 e. The second kappa shape index (κ2) is 6.35. The van der Waals surface area contributed by atoms with Gasteiger partial charge >= 0.3 is 12.5 Å². The van der Waals surface area contributed by atoms with Crippen molar-refractivity contribution in [2.24, 2.45) is 0 Å². The fraction of sp³-hybridized carbons (Fsp3) is 0.455. The van der Waals surface area contributed by atoms with E-state index >= 15 is 0 Å². The summed E-state index contributed by atoms with van der Waals surface area (Å²) in [5, 5.41) is 0. The number of rotatable bonds is 2. The van der Waals surface area contributed by atoms with E-state index in [1.165, 1.54) is 12.1 Å². The van der Waals surface area contributed by atoms with Crippen molar-refractivity contribution in [3.63, 3.8) is 0 Å². The average Bonchev–Trinajstić information content (AvgIpc) is 2.23. The number of hydrogen-bond acceptors (Lipinski definition) is 1. The van der Waals surface area contributed by atoms with Gasteiger partial charge < -0.3 is 4.74 Å². The summed E-state index contributed by atoms with van der Waals surface area (Å²) in [6.45, 7) is 5.76. The number of alkyl halides is 4. The maximum atomic E-state index is 12.3. The Hall–Kier alpha value is -1.26. The number of hydrogen-bond donors (Lipinski definition) is 0. The lowest BCUT2D eigenvalue weighted by Crippen LogP contribution is -2.29. The topological polar surface area (TPSA) is 9.23 Å². The minimum atomic E-state index is -4.98. The maximum absolute atomic E-state index is 12.3. The normalized spacial score (nSPS) is 12.4. The maximum Gasteiger partial charge on any atom is 0.457 e. The SMILES string of the molecule is CC.Cc1ccc(OC(F)C(F)(F)F)cc1. The standard InChI is InChI=1S/C9H8F4O.C2H6/c1-6-2-4-7(5-3-6)14-8(10)9(11,12)13;1-2/h2-5,8H,1H3;1-2H3. The lowest BCUT2D eigenvalue weighted by molar-refractivity contribution is -0.236. The van der Waals surface area contributed by atoms with Crippen LogP contribution in [-0.4, -0.2) is 12.5 Å². The number of aryl methyl sites for hydroxylation is 1. The Bertz CT molecular complexity index is 292. The molecular weight excluding hydrogens is 224 g/mol. The molecule has 5 heteroatoms. The van der Waals surface area contributed by atoms with Crippen molar-refractivity contribution in [1.82, 2.24) is 0 Å². The van der Waals surface area contributed by atoms with Crippen molar-refractivity contribution in [1.29, 1.82) is 0 Å². The van der Waals surface area contributed by atoms with Crippen molar-refractivity contribution in [2.45, 2.75) is 33.3 Å². The van der Waals surface area contributed by atoms with Crippen molar-refractivity contribution in [2.75, 3.05) is 0 Å². The molecule has 0 aromatic heterocycles. The zero-order valence-electron chi connectivity index (χ0n) is 9.31. The molecule has 92 valence electrons. The van der Waals surface area contributed by atoms with Crippen molar-refractivity contribution in [3.05, 3.63) is 29.8 Å². The molecule has 1 aromatic carbocycles. The molecule has 0 radical (unpaired) electrons. The number of halogens is 4. The minimum absolute atomic E-state index is 0.138. The highest BCUT2D eigenvalue weighted by molar-refractivity contribution is 5.26. The summed E-state index contributed by atoms with van der Waals surface area (Å²) in [5.74, 6) is -0.138. The molecule has 0 spiro atoms. The van der Waals surface area contributed by atoms with Gasteiger partial charge in [0.2, 0.25) is 0 Å². The molecule has 0 aliphatic rings. The second-order valence-corrected chi connectivity index (χ2v) is 2.79. The molecule has 0 aliphatic heterocycles. The highest BCUT2D eigenvalue weighted by Crippen LogP contribution is 2.25. The third-order valence-corrected chi connectivity index (χ3v) is 1.52. The molecule has 0 fully saturated rings. The highest BCUT2D eigenvalue weighted by Gasteiger charge is 2.42. The number of benzene rings is 1. The van der Waals surface area contributed by atoms with E-state index in [0.717, 1.165) is 5.56 Å². The van der Waals surface area contributed by atoms with Crippen LogP contribution in [0.1, 0.15) is 19.4 Å². The van der Waals surface area contributed by atoms with E-state index in [-0.39, 0.29) is 5.75 Å². The van der Waals surface area contributed by atoms with Gasteiger partial charge in [-0.2, -0.15) is 17.6 Å². The predicted octanol–water partition coefficient (Wildman–Crippen LogP) is 4.26. The first-order valence-corrected chi connectivity index (χ1v) is 4.84. The zero-order chi connectivity index (χ0) is 12.8. The second-order valence-electron chi connectivity index (χ2n) is 2.79. The molecule has 0 N–H and O–H groups in total. The van der Waals surface area contributed by atoms with E-state index in [2.05, 4.69) is 4.74 Å². The van der Waals surface area contributed by atoms with Crippen LogP contribution in [0.15, 0.2) is 24.3 Å². The molecule has 0 heterocycles. The molecule has 0 amide bonds. The van der Waals surface area contributed by atoms with Gasteiger partial charge in [-0.15, -0.1) is 0 Å². The van der Waals surface area contributed by atoms with Gasteiger partial charge in [0.25, 0.3) is 0 Å². The first-order chi connectivity index (χ1) is 7.39.